The number of carbonyl (C=O) groups is 1. The highest BCUT2D eigenvalue weighted by molar-refractivity contribution is 5.97. The van der Waals surface area contributed by atoms with Crippen LogP contribution in [-0.4, -0.2) is 25.9 Å². The molecule has 1 aromatic carbocycles. The van der Waals surface area contributed by atoms with E-state index in [0.29, 0.717) is 23.8 Å². The molecule has 0 saturated heterocycles. The van der Waals surface area contributed by atoms with Crippen molar-refractivity contribution < 1.29 is 9.32 Å². The Kier molecular flexibility index (Phi) is 3.37. The molecule has 1 atom stereocenters. The van der Waals surface area contributed by atoms with Gasteiger partial charge in [-0.05, 0) is 31.5 Å². The molecule has 1 aliphatic rings. The number of hydrogen-bond donors (Lipinski definition) is 0. The summed E-state index contributed by atoms with van der Waals surface area (Å²) in [5.74, 6) is 0.910. The second-order valence-electron chi connectivity index (χ2n) is 5.88. The van der Waals surface area contributed by atoms with E-state index in [0.717, 1.165) is 16.8 Å². The van der Waals surface area contributed by atoms with E-state index in [-0.39, 0.29) is 11.9 Å². The van der Waals surface area contributed by atoms with Gasteiger partial charge in [-0.15, -0.1) is 0 Å². The lowest BCUT2D eigenvalue weighted by molar-refractivity contribution is 0.0683. The Bertz CT molecular complexity index is 919. The number of carbonyl (C=O) groups excluding carboxylic acids is 1. The van der Waals surface area contributed by atoms with Crippen molar-refractivity contribution in [1.29, 1.82) is 0 Å². The molecule has 6 nitrogen and oxygen atoms in total. The van der Waals surface area contributed by atoms with Gasteiger partial charge in [-0.3, -0.25) is 9.78 Å². The van der Waals surface area contributed by atoms with Gasteiger partial charge < -0.3 is 9.42 Å². The molecular weight excluding hydrogens is 304 g/mol. The van der Waals surface area contributed by atoms with Crippen LogP contribution in [0.4, 0.5) is 0 Å². The highest BCUT2D eigenvalue weighted by Crippen LogP contribution is 2.30. The Morgan fingerprint density at radius 2 is 1.96 bits per heavy atom. The fraction of sp³-hybridized carbons (Fsp3) is 0.222. The fourth-order valence-corrected chi connectivity index (χ4v) is 2.93. The fourth-order valence-electron chi connectivity index (χ4n) is 2.93. The van der Waals surface area contributed by atoms with Crippen LogP contribution in [0, 0.1) is 6.92 Å². The standard InChI is InChI=1S/C18H16N4O2/c1-11-6-3-4-7-13(11)16-20-17(24-21-16)12(2)22-10-15-14(18(22)23)8-5-9-19-15/h3-9,12H,10H2,1-2H3. The largest absolute Gasteiger partial charge is 0.337 e. The van der Waals surface area contributed by atoms with Crippen LogP contribution in [0.3, 0.4) is 0 Å². The molecule has 0 spiro atoms. The Morgan fingerprint density at radius 1 is 1.17 bits per heavy atom. The SMILES string of the molecule is Cc1ccccc1-c1noc(C(C)N2Cc3ncccc3C2=O)n1. The highest BCUT2D eigenvalue weighted by atomic mass is 16.5. The average Bonchev–Trinajstić information content (AvgIpc) is 3.21. The first-order valence-electron chi connectivity index (χ1n) is 7.79. The van der Waals surface area contributed by atoms with Gasteiger partial charge in [0.2, 0.25) is 11.7 Å². The Balaban J connectivity index is 1.62. The number of aromatic nitrogens is 3. The third-order valence-electron chi connectivity index (χ3n) is 4.35. The molecule has 4 rings (SSSR count). The lowest BCUT2D eigenvalue weighted by Crippen LogP contribution is -2.27. The van der Waals surface area contributed by atoms with Crippen LogP contribution in [0.1, 0.15) is 40.5 Å². The summed E-state index contributed by atoms with van der Waals surface area (Å²) in [6.07, 6.45) is 1.70. The van der Waals surface area contributed by atoms with Crippen molar-refractivity contribution in [1.82, 2.24) is 20.0 Å². The minimum Gasteiger partial charge on any atom is -0.337 e. The summed E-state index contributed by atoms with van der Waals surface area (Å²) in [4.78, 5) is 23.0. The number of benzene rings is 1. The van der Waals surface area contributed by atoms with E-state index >= 15 is 0 Å². The Hall–Kier alpha value is -3.02. The normalized spacial score (nSPS) is 14.8. The molecule has 2 aromatic heterocycles. The van der Waals surface area contributed by atoms with Gasteiger partial charge in [0.1, 0.15) is 6.04 Å². The van der Waals surface area contributed by atoms with Gasteiger partial charge in [0.15, 0.2) is 0 Å². The molecule has 0 aliphatic carbocycles. The number of fused-ring (bicyclic) bond motifs is 1. The second kappa shape index (κ2) is 5.56. The van der Waals surface area contributed by atoms with E-state index in [4.69, 9.17) is 4.52 Å². The van der Waals surface area contributed by atoms with Crippen molar-refractivity contribution in [2.24, 2.45) is 0 Å². The van der Waals surface area contributed by atoms with E-state index in [1.807, 2.05) is 38.1 Å². The van der Waals surface area contributed by atoms with E-state index in [1.54, 1.807) is 23.2 Å². The maximum Gasteiger partial charge on any atom is 0.256 e. The zero-order valence-corrected chi connectivity index (χ0v) is 13.4. The van der Waals surface area contributed by atoms with Gasteiger partial charge in [-0.1, -0.05) is 29.4 Å². The molecule has 120 valence electrons. The Morgan fingerprint density at radius 3 is 2.75 bits per heavy atom. The zero-order chi connectivity index (χ0) is 16.7. The molecule has 1 amide bonds. The van der Waals surface area contributed by atoms with E-state index in [1.165, 1.54) is 0 Å². The summed E-state index contributed by atoms with van der Waals surface area (Å²) < 4.78 is 5.42. The van der Waals surface area contributed by atoms with Crippen molar-refractivity contribution in [2.45, 2.75) is 26.4 Å². The summed E-state index contributed by atoms with van der Waals surface area (Å²) >= 11 is 0. The molecule has 0 saturated carbocycles. The maximum absolute atomic E-state index is 12.5. The second-order valence-corrected chi connectivity index (χ2v) is 5.88. The first-order chi connectivity index (χ1) is 11.6. The van der Waals surface area contributed by atoms with Crippen molar-refractivity contribution in [3.05, 3.63) is 65.3 Å². The third kappa shape index (κ3) is 2.27. The van der Waals surface area contributed by atoms with Crippen molar-refractivity contribution in [3.63, 3.8) is 0 Å². The molecule has 0 bridgehead atoms. The van der Waals surface area contributed by atoms with Crippen LogP contribution in [0.15, 0.2) is 47.1 Å². The van der Waals surface area contributed by atoms with Crippen LogP contribution in [0.5, 0.6) is 0 Å². The monoisotopic (exact) mass is 320 g/mol. The highest BCUT2D eigenvalue weighted by Gasteiger charge is 2.34. The summed E-state index contributed by atoms with van der Waals surface area (Å²) in [6, 6.07) is 11.1. The molecule has 24 heavy (non-hydrogen) atoms. The first-order valence-corrected chi connectivity index (χ1v) is 7.79. The molecule has 3 aromatic rings. The van der Waals surface area contributed by atoms with Gasteiger partial charge >= 0.3 is 0 Å². The zero-order valence-electron chi connectivity index (χ0n) is 13.4. The van der Waals surface area contributed by atoms with Gasteiger partial charge in [-0.2, -0.15) is 4.98 Å². The van der Waals surface area contributed by atoms with E-state index < -0.39 is 0 Å². The van der Waals surface area contributed by atoms with Crippen molar-refractivity contribution >= 4 is 5.91 Å². The summed E-state index contributed by atoms with van der Waals surface area (Å²) in [5.41, 5.74) is 3.43. The quantitative estimate of drug-likeness (QED) is 0.741. The summed E-state index contributed by atoms with van der Waals surface area (Å²) in [7, 11) is 0. The minimum atomic E-state index is -0.308. The maximum atomic E-state index is 12.5. The summed E-state index contributed by atoms with van der Waals surface area (Å²) in [5, 5.41) is 4.07. The van der Waals surface area contributed by atoms with Gasteiger partial charge in [0, 0.05) is 11.8 Å². The number of amides is 1. The van der Waals surface area contributed by atoms with Crippen LogP contribution in [0.2, 0.25) is 0 Å². The van der Waals surface area contributed by atoms with Gasteiger partial charge in [0.05, 0.1) is 17.8 Å². The van der Waals surface area contributed by atoms with Crippen molar-refractivity contribution in [2.75, 3.05) is 0 Å². The molecular formula is C18H16N4O2. The van der Waals surface area contributed by atoms with Gasteiger partial charge in [-0.25, -0.2) is 0 Å². The number of aryl methyl sites for hydroxylation is 1. The number of nitrogens with zero attached hydrogens (tertiary/aromatic N) is 4. The molecule has 0 fully saturated rings. The topological polar surface area (TPSA) is 72.1 Å². The van der Waals surface area contributed by atoms with Crippen LogP contribution >= 0.6 is 0 Å². The Labute approximate surface area is 139 Å². The molecule has 0 N–H and O–H groups in total. The molecule has 3 heterocycles. The predicted octanol–water partition coefficient (Wildman–Crippen LogP) is 3.16. The molecule has 6 heteroatoms. The smallest absolute Gasteiger partial charge is 0.256 e. The average molecular weight is 320 g/mol. The number of rotatable bonds is 3. The minimum absolute atomic E-state index is 0.0544. The molecule has 1 aliphatic heterocycles. The van der Waals surface area contributed by atoms with Crippen LogP contribution < -0.4 is 0 Å². The van der Waals surface area contributed by atoms with Crippen LogP contribution in [0.25, 0.3) is 11.4 Å². The number of pyridine rings is 1. The lowest BCUT2D eigenvalue weighted by Gasteiger charge is -2.20. The molecule has 0 radical (unpaired) electrons. The summed E-state index contributed by atoms with van der Waals surface area (Å²) in [6.45, 7) is 4.35. The van der Waals surface area contributed by atoms with Gasteiger partial charge in [0.25, 0.3) is 5.91 Å². The number of hydrogen-bond acceptors (Lipinski definition) is 5. The lowest BCUT2D eigenvalue weighted by atomic mass is 10.1. The molecule has 1 unspecified atom stereocenters. The third-order valence-corrected chi connectivity index (χ3v) is 4.35. The van der Waals surface area contributed by atoms with E-state index in [2.05, 4.69) is 15.1 Å². The first kappa shape index (κ1) is 14.6. The van der Waals surface area contributed by atoms with Crippen molar-refractivity contribution in [3.8, 4) is 11.4 Å². The van der Waals surface area contributed by atoms with Crippen LogP contribution in [-0.2, 0) is 6.54 Å². The predicted molar refractivity (Wildman–Crippen MR) is 87.0 cm³/mol. The van der Waals surface area contributed by atoms with E-state index in [9.17, 15) is 4.79 Å².